The molecule has 0 aliphatic heterocycles. The highest BCUT2D eigenvalue weighted by atomic mass is 16.5. The van der Waals surface area contributed by atoms with Crippen LogP contribution in [0.4, 0.5) is 0 Å². The van der Waals surface area contributed by atoms with Gasteiger partial charge in [-0.15, -0.1) is 0 Å². The SMILES string of the molecule is CC(C)CCCCCCCCCCOC(=O)c1cc(C(=O)OCCCCCCCCCCC(C)C)cc(C(=O)OCCCCCCCCCCC(C)C)c1. The zero-order valence-corrected chi connectivity index (χ0v) is 36.1. The Morgan fingerprint density at radius 2 is 0.519 bits per heavy atom. The summed E-state index contributed by atoms with van der Waals surface area (Å²) in [6, 6.07) is 4.47. The first-order valence-corrected chi connectivity index (χ1v) is 22.8. The monoisotopic (exact) mass is 757 g/mol. The van der Waals surface area contributed by atoms with Crippen LogP contribution in [0, 0.1) is 17.8 Å². The molecular weight excluding hydrogens is 673 g/mol. The maximum Gasteiger partial charge on any atom is 0.338 e. The molecular formula is C48H84O6. The zero-order chi connectivity index (χ0) is 39.7. The highest BCUT2D eigenvalue weighted by Crippen LogP contribution is 2.18. The fraction of sp³-hybridized carbons (Fsp3) is 0.812. The highest BCUT2D eigenvalue weighted by molar-refractivity contribution is 6.00. The van der Waals surface area contributed by atoms with Crippen molar-refractivity contribution in [2.45, 2.75) is 215 Å². The molecule has 0 saturated heterocycles. The van der Waals surface area contributed by atoms with Crippen LogP contribution in [0.25, 0.3) is 0 Å². The fourth-order valence-electron chi connectivity index (χ4n) is 6.87. The van der Waals surface area contributed by atoms with E-state index < -0.39 is 17.9 Å². The normalized spacial score (nSPS) is 11.5. The molecule has 0 aromatic heterocycles. The van der Waals surface area contributed by atoms with Gasteiger partial charge in [0.05, 0.1) is 36.5 Å². The molecule has 0 amide bonds. The minimum Gasteiger partial charge on any atom is -0.462 e. The molecule has 1 aromatic rings. The van der Waals surface area contributed by atoms with Crippen molar-refractivity contribution in [1.29, 1.82) is 0 Å². The van der Waals surface area contributed by atoms with Crippen molar-refractivity contribution in [3.63, 3.8) is 0 Å². The molecule has 0 radical (unpaired) electrons. The van der Waals surface area contributed by atoms with Crippen molar-refractivity contribution in [2.24, 2.45) is 17.8 Å². The van der Waals surface area contributed by atoms with Gasteiger partial charge in [0, 0.05) is 0 Å². The number of esters is 3. The summed E-state index contributed by atoms with van der Waals surface area (Å²) in [5.74, 6) is 0.775. The number of carbonyl (C=O) groups is 3. The molecule has 312 valence electrons. The Balaban J connectivity index is 2.55. The molecule has 0 bridgehead atoms. The van der Waals surface area contributed by atoms with E-state index in [2.05, 4.69) is 41.5 Å². The molecule has 1 rings (SSSR count). The highest BCUT2D eigenvalue weighted by Gasteiger charge is 2.19. The third-order valence-electron chi connectivity index (χ3n) is 10.4. The lowest BCUT2D eigenvalue weighted by molar-refractivity contribution is 0.0494. The van der Waals surface area contributed by atoms with Gasteiger partial charge in [-0.25, -0.2) is 14.4 Å². The van der Waals surface area contributed by atoms with Gasteiger partial charge in [0.2, 0.25) is 0 Å². The Bertz CT molecular complexity index is 931. The Hall–Kier alpha value is -2.37. The molecule has 0 N–H and O–H groups in total. The Kier molecular flexibility index (Phi) is 31.2. The summed E-state index contributed by atoms with van der Waals surface area (Å²) in [7, 11) is 0. The second-order valence-electron chi connectivity index (χ2n) is 17.2. The first kappa shape index (κ1) is 49.6. The minimum absolute atomic E-state index is 0.180. The van der Waals surface area contributed by atoms with E-state index in [-0.39, 0.29) is 16.7 Å². The first-order valence-electron chi connectivity index (χ1n) is 22.8. The standard InChI is InChI=1S/C48H84O6/c1-40(2)31-25-19-13-7-10-16-22-28-34-52-46(49)43-37-44(47(50)53-35-29-23-17-11-8-14-20-26-32-41(3)4)39-45(38-43)48(51)54-36-30-24-18-12-9-15-21-27-33-42(5)6/h37-42H,7-36H2,1-6H3. The first-order chi connectivity index (χ1) is 26.1. The van der Waals surface area contributed by atoms with E-state index in [0.29, 0.717) is 19.8 Å². The van der Waals surface area contributed by atoms with Crippen molar-refractivity contribution in [2.75, 3.05) is 19.8 Å². The third kappa shape index (κ3) is 29.0. The molecule has 0 unspecified atom stereocenters. The predicted octanol–water partition coefficient (Wildman–Crippen LogP) is 14.7. The summed E-state index contributed by atoms with van der Waals surface area (Å²) in [4.78, 5) is 39.3. The van der Waals surface area contributed by atoms with E-state index in [1.54, 1.807) is 0 Å². The molecule has 0 aliphatic carbocycles. The van der Waals surface area contributed by atoms with Crippen LogP contribution in [0.2, 0.25) is 0 Å². The summed E-state index contributed by atoms with van der Waals surface area (Å²) >= 11 is 0. The van der Waals surface area contributed by atoms with Gasteiger partial charge in [-0.2, -0.15) is 0 Å². The van der Waals surface area contributed by atoms with E-state index >= 15 is 0 Å². The van der Waals surface area contributed by atoms with Gasteiger partial charge in [-0.05, 0) is 55.2 Å². The summed E-state index contributed by atoms with van der Waals surface area (Å²) in [6.07, 6.45) is 32.0. The fourth-order valence-corrected chi connectivity index (χ4v) is 6.87. The van der Waals surface area contributed by atoms with Gasteiger partial charge in [0.1, 0.15) is 0 Å². The third-order valence-corrected chi connectivity index (χ3v) is 10.4. The maximum atomic E-state index is 13.1. The molecule has 0 atom stereocenters. The molecule has 6 heteroatoms. The lowest BCUT2D eigenvalue weighted by Crippen LogP contribution is -2.14. The lowest BCUT2D eigenvalue weighted by atomic mass is 10.0. The number of hydrogen-bond acceptors (Lipinski definition) is 6. The summed E-state index contributed by atoms with van der Waals surface area (Å²) in [6.45, 7) is 14.7. The van der Waals surface area contributed by atoms with Crippen molar-refractivity contribution >= 4 is 17.9 Å². The smallest absolute Gasteiger partial charge is 0.338 e. The number of hydrogen-bond donors (Lipinski definition) is 0. The van der Waals surface area contributed by atoms with Gasteiger partial charge < -0.3 is 14.2 Å². The number of ether oxygens (including phenoxy) is 3. The average molecular weight is 757 g/mol. The van der Waals surface area contributed by atoms with Crippen molar-refractivity contribution in [1.82, 2.24) is 0 Å². The maximum absolute atomic E-state index is 13.1. The van der Waals surface area contributed by atoms with Gasteiger partial charge >= 0.3 is 17.9 Å². The van der Waals surface area contributed by atoms with Crippen LogP contribution in [0.5, 0.6) is 0 Å². The Morgan fingerprint density at radius 3 is 0.722 bits per heavy atom. The molecule has 0 heterocycles. The number of benzene rings is 1. The minimum atomic E-state index is -0.530. The van der Waals surface area contributed by atoms with Crippen LogP contribution >= 0.6 is 0 Å². The molecule has 0 aliphatic rings. The van der Waals surface area contributed by atoms with Crippen molar-refractivity contribution < 1.29 is 28.6 Å². The molecule has 0 fully saturated rings. The quantitative estimate of drug-likeness (QED) is 0.0385. The van der Waals surface area contributed by atoms with Crippen LogP contribution in [0.1, 0.15) is 246 Å². The largest absolute Gasteiger partial charge is 0.462 e. The number of unbranched alkanes of at least 4 members (excludes halogenated alkanes) is 21. The van der Waals surface area contributed by atoms with Gasteiger partial charge in [-0.1, -0.05) is 196 Å². The van der Waals surface area contributed by atoms with Crippen LogP contribution in [0.15, 0.2) is 18.2 Å². The van der Waals surface area contributed by atoms with E-state index in [1.165, 1.54) is 134 Å². The van der Waals surface area contributed by atoms with E-state index in [4.69, 9.17) is 14.2 Å². The molecule has 54 heavy (non-hydrogen) atoms. The second-order valence-corrected chi connectivity index (χ2v) is 17.2. The number of rotatable bonds is 36. The molecule has 0 saturated carbocycles. The van der Waals surface area contributed by atoms with E-state index in [0.717, 1.165) is 75.5 Å². The number of carbonyl (C=O) groups excluding carboxylic acids is 3. The van der Waals surface area contributed by atoms with E-state index in [1.807, 2.05) is 0 Å². The summed E-state index contributed by atoms with van der Waals surface area (Å²) < 4.78 is 16.8. The van der Waals surface area contributed by atoms with Gasteiger partial charge in [0.25, 0.3) is 0 Å². The average Bonchev–Trinajstić information content (AvgIpc) is 3.14. The Labute approximate surface area is 333 Å². The topological polar surface area (TPSA) is 78.9 Å². The Morgan fingerprint density at radius 1 is 0.333 bits per heavy atom. The summed E-state index contributed by atoms with van der Waals surface area (Å²) in [5.41, 5.74) is 0.541. The summed E-state index contributed by atoms with van der Waals surface area (Å²) in [5, 5.41) is 0. The predicted molar refractivity (Wildman–Crippen MR) is 226 cm³/mol. The van der Waals surface area contributed by atoms with Crippen LogP contribution in [-0.4, -0.2) is 37.7 Å². The van der Waals surface area contributed by atoms with Gasteiger partial charge in [0.15, 0.2) is 0 Å². The van der Waals surface area contributed by atoms with Crippen LogP contribution < -0.4 is 0 Å². The molecule has 6 nitrogen and oxygen atoms in total. The molecule has 0 spiro atoms. The molecule has 1 aromatic carbocycles. The van der Waals surface area contributed by atoms with Crippen molar-refractivity contribution in [3.05, 3.63) is 34.9 Å². The second kappa shape index (κ2) is 33.9. The lowest BCUT2D eigenvalue weighted by Gasteiger charge is -2.11. The van der Waals surface area contributed by atoms with Crippen LogP contribution in [0.3, 0.4) is 0 Å². The van der Waals surface area contributed by atoms with Crippen LogP contribution in [-0.2, 0) is 14.2 Å². The van der Waals surface area contributed by atoms with E-state index in [9.17, 15) is 14.4 Å². The van der Waals surface area contributed by atoms with Gasteiger partial charge in [-0.3, -0.25) is 0 Å². The zero-order valence-electron chi connectivity index (χ0n) is 36.1. The van der Waals surface area contributed by atoms with Crippen molar-refractivity contribution in [3.8, 4) is 0 Å².